The van der Waals surface area contributed by atoms with Crippen molar-refractivity contribution in [3.05, 3.63) is 35.6 Å². The number of nitrogens with zero attached hydrogens (tertiary/aromatic N) is 2. The summed E-state index contributed by atoms with van der Waals surface area (Å²) in [6, 6.07) is 7.83. The quantitative estimate of drug-likeness (QED) is 0.547. The lowest BCUT2D eigenvalue weighted by atomic mass is 9.89. The predicted octanol–water partition coefficient (Wildman–Crippen LogP) is 4.31. The molecule has 0 aliphatic carbocycles. The van der Waals surface area contributed by atoms with Crippen molar-refractivity contribution < 1.29 is 55.3 Å². The number of alkyl halides is 6. The molecule has 0 aromatic heterocycles. The third-order valence-corrected chi connectivity index (χ3v) is 6.36. The van der Waals surface area contributed by atoms with Crippen LogP contribution in [0.3, 0.4) is 0 Å². The van der Waals surface area contributed by atoms with Crippen molar-refractivity contribution in [2.24, 2.45) is 0 Å². The van der Waals surface area contributed by atoms with Gasteiger partial charge in [-0.1, -0.05) is 18.2 Å². The summed E-state index contributed by atoms with van der Waals surface area (Å²) in [6.07, 6.45) is -4.05. The van der Waals surface area contributed by atoms with Gasteiger partial charge in [-0.15, -0.1) is 0 Å². The minimum absolute atomic E-state index is 0.0107. The molecule has 3 aliphatic rings. The van der Waals surface area contributed by atoms with E-state index in [1.165, 1.54) is 32.4 Å². The molecule has 14 heteroatoms. The largest absolute Gasteiger partial charge is 0.490 e. The van der Waals surface area contributed by atoms with Crippen molar-refractivity contribution in [1.82, 2.24) is 9.80 Å². The van der Waals surface area contributed by atoms with Gasteiger partial charge in [0.15, 0.2) is 0 Å². The van der Waals surface area contributed by atoms with E-state index in [0.29, 0.717) is 12.6 Å². The molecule has 0 saturated carbocycles. The van der Waals surface area contributed by atoms with Crippen molar-refractivity contribution in [2.45, 2.75) is 62.6 Å². The summed E-state index contributed by atoms with van der Waals surface area (Å²) in [6.45, 7) is 6.08. The number of likely N-dealkylation sites (tertiary alicyclic amines) is 2. The van der Waals surface area contributed by atoms with Crippen molar-refractivity contribution in [3.63, 3.8) is 0 Å². The zero-order valence-electron chi connectivity index (χ0n) is 19.8. The molecule has 0 bridgehead atoms. The minimum Gasteiger partial charge on any atom is -0.475 e. The Balaban J connectivity index is 0.000000286. The van der Waals surface area contributed by atoms with Crippen LogP contribution < -0.4 is 0 Å². The van der Waals surface area contributed by atoms with Gasteiger partial charge in [-0.25, -0.2) is 14.0 Å². The molecule has 0 radical (unpaired) electrons. The first kappa shape index (κ1) is 30.8. The Bertz CT molecular complexity index is 882. The van der Waals surface area contributed by atoms with Gasteiger partial charge in [-0.2, -0.15) is 26.3 Å². The third kappa shape index (κ3) is 9.74. The molecule has 7 nitrogen and oxygen atoms in total. The molecule has 3 fully saturated rings. The molecule has 3 aliphatic heterocycles. The van der Waals surface area contributed by atoms with Gasteiger partial charge in [0.25, 0.3) is 0 Å². The van der Waals surface area contributed by atoms with Crippen LogP contribution in [0.5, 0.6) is 0 Å². The summed E-state index contributed by atoms with van der Waals surface area (Å²) in [7, 11) is 0. The zero-order chi connectivity index (χ0) is 27.9. The fourth-order valence-electron chi connectivity index (χ4n) is 4.63. The Morgan fingerprint density at radius 3 is 2.03 bits per heavy atom. The molecule has 210 valence electrons. The van der Waals surface area contributed by atoms with Gasteiger partial charge in [0.2, 0.25) is 0 Å². The second-order valence-corrected chi connectivity index (χ2v) is 9.08. The molecule has 0 amide bonds. The van der Waals surface area contributed by atoms with E-state index in [-0.39, 0.29) is 11.4 Å². The average Bonchev–Trinajstić information content (AvgIpc) is 3.46. The summed E-state index contributed by atoms with van der Waals surface area (Å²) in [5, 5.41) is 14.2. The summed E-state index contributed by atoms with van der Waals surface area (Å²) < 4.78 is 83.6. The first-order chi connectivity index (χ1) is 17.1. The Kier molecular flexibility index (Phi) is 10.7. The van der Waals surface area contributed by atoms with Crippen molar-refractivity contribution >= 4 is 11.9 Å². The van der Waals surface area contributed by atoms with E-state index in [2.05, 4.69) is 9.80 Å². The Hall–Kier alpha value is -2.45. The number of rotatable bonds is 3. The molecule has 3 heterocycles. The average molecular weight is 546 g/mol. The monoisotopic (exact) mass is 546 g/mol. The highest BCUT2D eigenvalue weighted by Gasteiger charge is 2.44. The molecule has 37 heavy (non-hydrogen) atoms. The lowest BCUT2D eigenvalue weighted by molar-refractivity contribution is -0.193. The number of ether oxygens (including phenoxy) is 1. The molecule has 1 aromatic rings. The number of halogens is 7. The lowest BCUT2D eigenvalue weighted by Crippen LogP contribution is -2.49. The van der Waals surface area contributed by atoms with Crippen LogP contribution in [-0.2, 0) is 20.9 Å². The number of aliphatic carboxylic acids is 2. The van der Waals surface area contributed by atoms with Gasteiger partial charge in [-0.05, 0) is 51.3 Å². The van der Waals surface area contributed by atoms with Gasteiger partial charge >= 0.3 is 24.3 Å². The molecule has 3 saturated heterocycles. The van der Waals surface area contributed by atoms with E-state index < -0.39 is 24.3 Å². The lowest BCUT2D eigenvalue weighted by Gasteiger charge is -2.41. The number of carboxylic acids is 2. The SMILES string of the molecule is Fc1ccccc1CN1CC[C@@]2(C[C@H](N3CCCC3)CCO2)C1.O=C(O)C(F)(F)F.O=C(O)C(F)(F)F. The van der Waals surface area contributed by atoms with Crippen LogP contribution in [-0.4, -0.2) is 88.7 Å². The van der Waals surface area contributed by atoms with Crippen LogP contribution in [0.2, 0.25) is 0 Å². The highest BCUT2D eigenvalue weighted by Crippen LogP contribution is 2.37. The van der Waals surface area contributed by atoms with Crippen molar-refractivity contribution in [1.29, 1.82) is 0 Å². The Morgan fingerprint density at radius 2 is 1.51 bits per heavy atom. The third-order valence-electron chi connectivity index (χ3n) is 6.36. The topological polar surface area (TPSA) is 90.3 Å². The van der Waals surface area contributed by atoms with Crippen molar-refractivity contribution in [2.75, 3.05) is 32.8 Å². The summed E-state index contributed by atoms with van der Waals surface area (Å²) in [4.78, 5) is 22.8. The summed E-state index contributed by atoms with van der Waals surface area (Å²) in [5.74, 6) is -5.60. The van der Waals surface area contributed by atoms with Gasteiger partial charge in [-0.3, -0.25) is 4.90 Å². The number of hydrogen-bond acceptors (Lipinski definition) is 5. The molecule has 2 N–H and O–H groups in total. The number of benzene rings is 1. The fourth-order valence-corrected chi connectivity index (χ4v) is 4.63. The maximum Gasteiger partial charge on any atom is 0.490 e. The molecular formula is C23H29F7N2O5. The van der Waals surface area contributed by atoms with Gasteiger partial charge in [0.05, 0.1) is 5.60 Å². The van der Waals surface area contributed by atoms with Crippen LogP contribution in [0.25, 0.3) is 0 Å². The van der Waals surface area contributed by atoms with Crippen LogP contribution in [0, 0.1) is 5.82 Å². The number of hydrogen-bond donors (Lipinski definition) is 2. The highest BCUT2D eigenvalue weighted by molar-refractivity contribution is 5.73. The summed E-state index contributed by atoms with van der Waals surface area (Å²) >= 11 is 0. The van der Waals surface area contributed by atoms with Crippen LogP contribution >= 0.6 is 0 Å². The maximum atomic E-state index is 13.9. The first-order valence-electron chi connectivity index (χ1n) is 11.6. The highest BCUT2D eigenvalue weighted by atomic mass is 19.4. The fraction of sp³-hybridized carbons (Fsp3) is 0.652. The zero-order valence-corrected chi connectivity index (χ0v) is 19.8. The van der Waals surface area contributed by atoms with Crippen LogP contribution in [0.15, 0.2) is 24.3 Å². The van der Waals surface area contributed by atoms with Gasteiger partial charge < -0.3 is 19.8 Å². The van der Waals surface area contributed by atoms with Crippen LogP contribution in [0.4, 0.5) is 30.7 Å². The van der Waals surface area contributed by atoms with Gasteiger partial charge in [0.1, 0.15) is 5.82 Å². The van der Waals surface area contributed by atoms with E-state index in [1.807, 2.05) is 12.1 Å². The van der Waals surface area contributed by atoms with Crippen molar-refractivity contribution in [3.8, 4) is 0 Å². The standard InChI is InChI=1S/C19H27FN2O.2C2HF3O2/c20-18-6-2-1-5-16(18)14-21-11-8-19(15-21)13-17(7-12-23-19)22-9-3-4-10-22;2*3-2(4,5)1(6)7/h1-2,5-6,17H,3-4,7-15H2;2*(H,6,7)/t17-,19-;;/m1../s1. The first-order valence-corrected chi connectivity index (χ1v) is 11.6. The van der Waals surface area contributed by atoms with Crippen LogP contribution in [0.1, 0.15) is 37.7 Å². The molecular weight excluding hydrogens is 517 g/mol. The van der Waals surface area contributed by atoms with E-state index in [4.69, 9.17) is 24.5 Å². The molecule has 0 unspecified atom stereocenters. The minimum atomic E-state index is -5.08. The van der Waals surface area contributed by atoms with E-state index >= 15 is 0 Å². The van der Waals surface area contributed by atoms with Gasteiger partial charge in [0, 0.05) is 37.8 Å². The molecule has 1 spiro atoms. The maximum absolute atomic E-state index is 13.9. The second kappa shape index (κ2) is 12.9. The smallest absolute Gasteiger partial charge is 0.475 e. The molecule has 4 rings (SSSR count). The normalized spacial score (nSPS) is 24.7. The second-order valence-electron chi connectivity index (χ2n) is 9.08. The van der Waals surface area contributed by atoms with E-state index in [9.17, 15) is 30.7 Å². The number of carbonyl (C=O) groups is 2. The summed E-state index contributed by atoms with van der Waals surface area (Å²) in [5.41, 5.74) is 0.813. The Labute approximate surface area is 208 Å². The molecule has 2 atom stereocenters. The predicted molar refractivity (Wildman–Crippen MR) is 116 cm³/mol. The number of carboxylic acid groups (broad SMARTS) is 2. The molecule has 1 aromatic carbocycles. The van der Waals surface area contributed by atoms with E-state index in [1.54, 1.807) is 12.1 Å². The van der Waals surface area contributed by atoms with E-state index in [0.717, 1.165) is 38.1 Å². The Morgan fingerprint density at radius 1 is 0.973 bits per heavy atom.